The number of hydrogen-bond acceptors (Lipinski definition) is 4. The molecule has 3 rings (SSSR count). The molecule has 0 saturated carbocycles. The number of hydrogen-bond donors (Lipinski definition) is 2. The van der Waals surface area contributed by atoms with E-state index in [0.717, 1.165) is 42.5 Å². The van der Waals surface area contributed by atoms with Gasteiger partial charge in [0, 0.05) is 24.2 Å². The lowest BCUT2D eigenvalue weighted by Gasteiger charge is -2.35. The normalized spacial score (nSPS) is 16.6. The minimum absolute atomic E-state index is 0. The van der Waals surface area contributed by atoms with E-state index in [9.17, 15) is 4.79 Å². The number of benzene rings is 1. The van der Waals surface area contributed by atoms with Crippen molar-refractivity contribution in [3.63, 3.8) is 0 Å². The van der Waals surface area contributed by atoms with E-state index in [1.54, 1.807) is 7.11 Å². The van der Waals surface area contributed by atoms with Gasteiger partial charge in [-0.2, -0.15) is 5.10 Å². The van der Waals surface area contributed by atoms with Gasteiger partial charge in [0.25, 0.3) is 0 Å². The molecule has 0 bridgehead atoms. The van der Waals surface area contributed by atoms with Crippen LogP contribution in [0.5, 0.6) is 0 Å². The molecule has 0 unspecified atom stereocenters. The summed E-state index contributed by atoms with van der Waals surface area (Å²) >= 11 is 0. The second-order valence-corrected chi connectivity index (χ2v) is 6.87. The predicted octanol–water partition coefficient (Wildman–Crippen LogP) is 2.99. The van der Waals surface area contributed by atoms with Crippen molar-refractivity contribution < 1.29 is 9.53 Å². The van der Waals surface area contributed by atoms with Gasteiger partial charge in [0.1, 0.15) is 0 Å². The molecule has 7 heteroatoms. The molecule has 0 spiro atoms. The summed E-state index contributed by atoms with van der Waals surface area (Å²) in [6.45, 7) is 6.33. The van der Waals surface area contributed by atoms with Crippen LogP contribution in [0.4, 0.5) is 5.69 Å². The monoisotopic (exact) mass is 366 g/mol. The lowest BCUT2D eigenvalue weighted by molar-refractivity contribution is -0.130. The van der Waals surface area contributed by atoms with Crippen molar-refractivity contribution in [2.45, 2.75) is 32.7 Å². The average Bonchev–Trinajstić information content (AvgIpc) is 2.99. The number of fused-ring (bicyclic) bond motifs is 1. The van der Waals surface area contributed by atoms with Gasteiger partial charge < -0.3 is 15.4 Å². The molecule has 1 fully saturated rings. The van der Waals surface area contributed by atoms with Crippen molar-refractivity contribution in [1.29, 1.82) is 0 Å². The molecule has 1 saturated heterocycles. The quantitative estimate of drug-likeness (QED) is 0.853. The van der Waals surface area contributed by atoms with Gasteiger partial charge in [-0.25, -0.2) is 0 Å². The second-order valence-electron chi connectivity index (χ2n) is 6.87. The third-order valence-electron chi connectivity index (χ3n) is 4.81. The molecule has 0 aliphatic carbocycles. The van der Waals surface area contributed by atoms with Crippen LogP contribution in [0.25, 0.3) is 10.9 Å². The number of piperidine rings is 1. The Hall–Kier alpha value is -1.63. The Morgan fingerprint density at radius 2 is 2.12 bits per heavy atom. The van der Waals surface area contributed by atoms with Crippen molar-refractivity contribution in [3.05, 3.63) is 24.4 Å². The molecule has 1 aliphatic rings. The van der Waals surface area contributed by atoms with Crippen LogP contribution in [-0.2, 0) is 9.53 Å². The third kappa shape index (κ3) is 3.97. The first-order chi connectivity index (χ1) is 11.6. The zero-order chi connectivity index (χ0) is 17.2. The number of amides is 1. The van der Waals surface area contributed by atoms with E-state index < -0.39 is 5.41 Å². The van der Waals surface area contributed by atoms with E-state index in [4.69, 9.17) is 4.74 Å². The molecule has 25 heavy (non-hydrogen) atoms. The Bertz CT molecular complexity index is 717. The van der Waals surface area contributed by atoms with Gasteiger partial charge in [-0.1, -0.05) is 0 Å². The zero-order valence-electron chi connectivity index (χ0n) is 15.0. The highest BCUT2D eigenvalue weighted by atomic mass is 35.5. The van der Waals surface area contributed by atoms with Crippen LogP contribution in [-0.4, -0.2) is 42.5 Å². The largest absolute Gasteiger partial charge is 0.384 e. The summed E-state index contributed by atoms with van der Waals surface area (Å²) in [6, 6.07) is 6.22. The molecule has 0 radical (unpaired) electrons. The van der Waals surface area contributed by atoms with Gasteiger partial charge in [0.05, 0.1) is 23.7 Å². The first kappa shape index (κ1) is 19.7. The van der Waals surface area contributed by atoms with Crippen LogP contribution in [0.2, 0.25) is 0 Å². The van der Waals surface area contributed by atoms with Crippen LogP contribution < -0.4 is 10.6 Å². The highest BCUT2D eigenvalue weighted by Gasteiger charge is 2.39. The van der Waals surface area contributed by atoms with Crippen molar-refractivity contribution in [1.82, 2.24) is 15.1 Å². The van der Waals surface area contributed by atoms with Gasteiger partial charge in [0.15, 0.2) is 0 Å². The van der Waals surface area contributed by atoms with Crippen molar-refractivity contribution >= 4 is 34.9 Å². The van der Waals surface area contributed by atoms with Gasteiger partial charge in [-0.15, -0.1) is 12.4 Å². The van der Waals surface area contributed by atoms with Crippen LogP contribution in [0, 0.1) is 5.41 Å². The zero-order valence-corrected chi connectivity index (χ0v) is 15.9. The van der Waals surface area contributed by atoms with E-state index in [0.29, 0.717) is 6.61 Å². The van der Waals surface area contributed by atoms with Gasteiger partial charge in [-0.05, 0) is 58.0 Å². The molecule has 6 nitrogen and oxygen atoms in total. The van der Waals surface area contributed by atoms with Crippen LogP contribution in [0.1, 0.15) is 32.7 Å². The van der Waals surface area contributed by atoms with Crippen molar-refractivity contribution in [2.24, 2.45) is 5.41 Å². The summed E-state index contributed by atoms with van der Waals surface area (Å²) in [6.07, 6.45) is 3.44. The average molecular weight is 367 g/mol. The van der Waals surface area contributed by atoms with E-state index in [-0.39, 0.29) is 24.4 Å². The van der Waals surface area contributed by atoms with Gasteiger partial charge in [-0.3, -0.25) is 9.48 Å². The Morgan fingerprint density at radius 1 is 1.40 bits per heavy atom. The minimum Gasteiger partial charge on any atom is -0.384 e. The fraction of sp³-hybridized carbons (Fsp3) is 0.556. The lowest BCUT2D eigenvalue weighted by atomic mass is 9.78. The molecular formula is C18H27ClN4O2. The Morgan fingerprint density at radius 3 is 2.76 bits per heavy atom. The summed E-state index contributed by atoms with van der Waals surface area (Å²) < 4.78 is 7.32. The molecule has 2 aromatic rings. The molecule has 1 amide bonds. The van der Waals surface area contributed by atoms with Crippen molar-refractivity contribution in [2.75, 3.05) is 32.1 Å². The Labute approximate surface area is 154 Å². The number of nitrogens with one attached hydrogen (secondary N) is 2. The molecule has 1 aromatic carbocycles. The fourth-order valence-corrected chi connectivity index (χ4v) is 3.41. The molecule has 2 heterocycles. The molecule has 1 aromatic heterocycles. The number of anilines is 1. The summed E-state index contributed by atoms with van der Waals surface area (Å²) in [5, 5.41) is 11.9. The Balaban J connectivity index is 0.00000225. The Kier molecular flexibility index (Phi) is 6.43. The topological polar surface area (TPSA) is 68.2 Å². The number of carbonyl (C=O) groups excluding carboxylic acids is 1. The maximum absolute atomic E-state index is 12.9. The highest BCUT2D eigenvalue weighted by Crippen LogP contribution is 2.31. The summed E-state index contributed by atoms with van der Waals surface area (Å²) in [5.74, 6) is 0.0424. The number of ether oxygens (including phenoxy) is 1. The molecule has 2 N–H and O–H groups in total. The fourth-order valence-electron chi connectivity index (χ4n) is 3.41. The minimum atomic E-state index is -0.451. The van der Waals surface area contributed by atoms with Crippen LogP contribution >= 0.6 is 12.4 Å². The van der Waals surface area contributed by atoms with Gasteiger partial charge >= 0.3 is 0 Å². The number of aromatic nitrogens is 2. The van der Waals surface area contributed by atoms with E-state index >= 15 is 0 Å². The van der Waals surface area contributed by atoms with Gasteiger partial charge in [0.2, 0.25) is 5.91 Å². The van der Waals surface area contributed by atoms with E-state index in [1.165, 1.54) is 0 Å². The molecule has 138 valence electrons. The third-order valence-corrected chi connectivity index (χ3v) is 4.81. The number of halogens is 1. The highest BCUT2D eigenvalue weighted by molar-refractivity contribution is 5.97. The van der Waals surface area contributed by atoms with Crippen molar-refractivity contribution in [3.8, 4) is 0 Å². The maximum Gasteiger partial charge on any atom is 0.233 e. The number of carbonyl (C=O) groups is 1. The maximum atomic E-state index is 12.9. The number of nitrogens with zero attached hydrogens (tertiary/aromatic N) is 2. The first-order valence-electron chi connectivity index (χ1n) is 8.54. The molecule has 1 aliphatic heterocycles. The number of rotatable bonds is 5. The first-order valence-corrected chi connectivity index (χ1v) is 8.54. The standard InChI is InChI=1S/C18H26N4O2.ClH/c1-13(2)22-16-10-15(5-4-14(16)11-20-22)21-17(23)18(12-24-3)6-8-19-9-7-18;/h4-5,10-11,13,19H,6-9,12H2,1-3H3,(H,21,23);1H. The predicted molar refractivity (Wildman–Crippen MR) is 102 cm³/mol. The molecular weight excluding hydrogens is 340 g/mol. The number of methoxy groups -OCH3 is 1. The van der Waals surface area contributed by atoms with E-state index in [1.807, 2.05) is 29.1 Å². The van der Waals surface area contributed by atoms with E-state index in [2.05, 4.69) is 29.6 Å². The lowest BCUT2D eigenvalue weighted by Crippen LogP contribution is -2.47. The summed E-state index contributed by atoms with van der Waals surface area (Å²) in [7, 11) is 1.66. The summed E-state index contributed by atoms with van der Waals surface area (Å²) in [5.41, 5.74) is 1.39. The summed E-state index contributed by atoms with van der Waals surface area (Å²) in [4.78, 5) is 12.9. The SMILES string of the molecule is COCC1(C(=O)Nc2ccc3cnn(C(C)C)c3c2)CCNCC1.Cl. The van der Waals surface area contributed by atoms with Crippen LogP contribution in [0.3, 0.4) is 0 Å². The smallest absolute Gasteiger partial charge is 0.233 e. The molecule has 0 atom stereocenters. The van der Waals surface area contributed by atoms with Crippen LogP contribution in [0.15, 0.2) is 24.4 Å². The second kappa shape index (κ2) is 8.17.